The van der Waals surface area contributed by atoms with Crippen LogP contribution in [0.2, 0.25) is 0 Å². The van der Waals surface area contributed by atoms with E-state index in [0.717, 1.165) is 97.8 Å². The number of nitrogens with zero attached hydrogens (tertiary/aromatic N) is 3. The zero-order chi connectivity index (χ0) is 26.4. The molecule has 0 unspecified atom stereocenters. The molecule has 9 nitrogen and oxygen atoms in total. The summed E-state index contributed by atoms with van der Waals surface area (Å²) >= 11 is 0. The Hall–Kier alpha value is -1.71. The summed E-state index contributed by atoms with van der Waals surface area (Å²) in [6.45, 7) is 20.2. The minimum absolute atomic E-state index is 0.574. The number of hydrogen-bond acceptors (Lipinski definition) is 9. The molecular weight excluding hydrogens is 456 g/mol. The van der Waals surface area contributed by atoms with Gasteiger partial charge in [-0.05, 0) is 56.3 Å². The van der Waals surface area contributed by atoms with Crippen molar-refractivity contribution in [3.05, 3.63) is 0 Å². The van der Waals surface area contributed by atoms with Crippen molar-refractivity contribution >= 4 is 17.8 Å². The first-order chi connectivity index (χ1) is 17.4. The molecule has 0 aliphatic carbocycles. The van der Waals surface area contributed by atoms with Crippen LogP contribution in [0.15, 0.2) is 0 Å². The van der Waals surface area contributed by atoms with Gasteiger partial charge in [-0.15, -0.1) is 0 Å². The number of anilines is 3. The Kier molecular flexibility index (Phi) is 19.2. The lowest BCUT2D eigenvalue weighted by Crippen LogP contribution is -2.15. The molecule has 0 bridgehead atoms. The van der Waals surface area contributed by atoms with Crippen molar-refractivity contribution in [3.8, 4) is 0 Å². The molecule has 36 heavy (non-hydrogen) atoms. The lowest BCUT2D eigenvalue weighted by molar-refractivity contribution is 0.107. The summed E-state index contributed by atoms with van der Waals surface area (Å²) in [5.74, 6) is 3.51. The third-order valence-corrected chi connectivity index (χ3v) is 4.98. The second-order valence-corrected chi connectivity index (χ2v) is 10.6. The molecule has 0 fully saturated rings. The SMILES string of the molecule is CC(C)COCCCCNc1nc(NCCCCOCC(C)C)nc(NCCCCOCC(C)C)n1. The highest BCUT2D eigenvalue weighted by molar-refractivity contribution is 5.42. The van der Waals surface area contributed by atoms with Crippen LogP contribution < -0.4 is 16.0 Å². The van der Waals surface area contributed by atoms with Crippen LogP contribution in [0.3, 0.4) is 0 Å². The fourth-order valence-electron chi connectivity index (χ4n) is 3.16. The molecule has 0 aromatic carbocycles. The van der Waals surface area contributed by atoms with Gasteiger partial charge in [0.2, 0.25) is 17.8 Å². The van der Waals surface area contributed by atoms with Gasteiger partial charge in [-0.2, -0.15) is 15.0 Å². The summed E-state index contributed by atoms with van der Waals surface area (Å²) in [4.78, 5) is 13.7. The van der Waals surface area contributed by atoms with E-state index in [1.807, 2.05) is 0 Å². The number of unbranched alkanes of at least 4 members (excludes halogenated alkanes) is 3. The third kappa shape index (κ3) is 19.5. The zero-order valence-electron chi connectivity index (χ0n) is 23.9. The summed E-state index contributed by atoms with van der Waals surface area (Å²) in [5.41, 5.74) is 0. The maximum Gasteiger partial charge on any atom is 0.229 e. The molecule has 0 atom stereocenters. The van der Waals surface area contributed by atoms with Gasteiger partial charge in [0.05, 0.1) is 0 Å². The van der Waals surface area contributed by atoms with Gasteiger partial charge >= 0.3 is 0 Å². The number of hydrogen-bond donors (Lipinski definition) is 3. The fraction of sp³-hybridized carbons (Fsp3) is 0.889. The van der Waals surface area contributed by atoms with Gasteiger partial charge < -0.3 is 30.2 Å². The molecule has 1 rings (SSSR count). The molecule has 1 aromatic rings. The monoisotopic (exact) mass is 510 g/mol. The van der Waals surface area contributed by atoms with E-state index in [9.17, 15) is 0 Å². The van der Waals surface area contributed by atoms with Crippen molar-refractivity contribution < 1.29 is 14.2 Å². The van der Waals surface area contributed by atoms with Crippen LogP contribution in [0.5, 0.6) is 0 Å². The predicted molar refractivity (Wildman–Crippen MR) is 150 cm³/mol. The van der Waals surface area contributed by atoms with Gasteiger partial charge in [0.15, 0.2) is 0 Å². The van der Waals surface area contributed by atoms with Crippen molar-refractivity contribution in [1.29, 1.82) is 0 Å². The van der Waals surface area contributed by atoms with E-state index in [0.29, 0.717) is 35.6 Å². The largest absolute Gasteiger partial charge is 0.381 e. The first-order valence-corrected chi connectivity index (χ1v) is 14.1. The van der Waals surface area contributed by atoms with Crippen molar-refractivity contribution in [3.63, 3.8) is 0 Å². The minimum atomic E-state index is 0.574. The van der Waals surface area contributed by atoms with Crippen LogP contribution in [-0.2, 0) is 14.2 Å². The standard InChI is InChI=1S/C27H54N6O3/c1-22(2)19-34-16-10-7-13-28-25-31-26(29-14-8-11-17-35-20-23(3)4)33-27(32-25)30-15-9-12-18-36-21-24(5)6/h22-24H,7-21H2,1-6H3,(H3,28,29,30,31,32,33). The van der Waals surface area contributed by atoms with Crippen LogP contribution in [0.1, 0.15) is 80.1 Å². The first-order valence-electron chi connectivity index (χ1n) is 14.1. The van der Waals surface area contributed by atoms with Gasteiger partial charge in [0.1, 0.15) is 0 Å². The summed E-state index contributed by atoms with van der Waals surface area (Å²) < 4.78 is 17.0. The molecule has 0 saturated heterocycles. The van der Waals surface area contributed by atoms with Gasteiger partial charge in [0.25, 0.3) is 0 Å². The van der Waals surface area contributed by atoms with E-state index in [4.69, 9.17) is 14.2 Å². The number of aromatic nitrogens is 3. The average Bonchev–Trinajstić information content (AvgIpc) is 2.81. The molecule has 210 valence electrons. The van der Waals surface area contributed by atoms with Gasteiger partial charge in [0, 0.05) is 59.3 Å². The second kappa shape index (κ2) is 21.4. The van der Waals surface area contributed by atoms with E-state index in [1.54, 1.807) is 0 Å². The fourth-order valence-corrected chi connectivity index (χ4v) is 3.16. The van der Waals surface area contributed by atoms with Crippen molar-refractivity contribution in [1.82, 2.24) is 15.0 Å². The van der Waals surface area contributed by atoms with Crippen LogP contribution in [0, 0.1) is 17.8 Å². The predicted octanol–water partition coefficient (Wildman–Crippen LogP) is 5.47. The highest BCUT2D eigenvalue weighted by Crippen LogP contribution is 2.11. The van der Waals surface area contributed by atoms with Gasteiger partial charge in [-0.1, -0.05) is 41.5 Å². The van der Waals surface area contributed by atoms with E-state index in [2.05, 4.69) is 72.4 Å². The van der Waals surface area contributed by atoms with Crippen LogP contribution in [0.25, 0.3) is 0 Å². The Balaban J connectivity index is 2.44. The van der Waals surface area contributed by atoms with Crippen molar-refractivity contribution in [2.24, 2.45) is 17.8 Å². The molecule has 0 radical (unpaired) electrons. The molecule has 0 amide bonds. The van der Waals surface area contributed by atoms with Crippen LogP contribution in [0.4, 0.5) is 17.8 Å². The number of nitrogens with one attached hydrogen (secondary N) is 3. The molecule has 0 saturated carbocycles. The third-order valence-electron chi connectivity index (χ3n) is 4.98. The molecule has 9 heteroatoms. The second-order valence-electron chi connectivity index (χ2n) is 10.6. The van der Waals surface area contributed by atoms with Crippen molar-refractivity contribution in [2.45, 2.75) is 80.1 Å². The summed E-state index contributed by atoms with van der Waals surface area (Å²) in [5, 5.41) is 10.0. The van der Waals surface area contributed by atoms with E-state index >= 15 is 0 Å². The lowest BCUT2D eigenvalue weighted by atomic mass is 10.2. The molecule has 1 heterocycles. The van der Waals surface area contributed by atoms with Gasteiger partial charge in [-0.3, -0.25) is 0 Å². The maximum atomic E-state index is 5.66. The molecule has 3 N–H and O–H groups in total. The zero-order valence-corrected chi connectivity index (χ0v) is 23.9. The Labute approximate surface area is 220 Å². The molecule has 0 aliphatic heterocycles. The van der Waals surface area contributed by atoms with Crippen molar-refractivity contribution in [2.75, 3.05) is 75.2 Å². The maximum absolute atomic E-state index is 5.66. The minimum Gasteiger partial charge on any atom is -0.381 e. The van der Waals surface area contributed by atoms with E-state index in [-0.39, 0.29) is 0 Å². The quantitative estimate of drug-likeness (QED) is 0.156. The van der Waals surface area contributed by atoms with E-state index in [1.165, 1.54) is 0 Å². The topological polar surface area (TPSA) is 102 Å². The van der Waals surface area contributed by atoms with Crippen LogP contribution >= 0.6 is 0 Å². The first kappa shape index (κ1) is 32.3. The normalized spacial score (nSPS) is 11.6. The number of ether oxygens (including phenoxy) is 3. The summed E-state index contributed by atoms with van der Waals surface area (Å²) in [6.07, 6.45) is 6.04. The Bertz CT molecular complexity index is 548. The highest BCUT2D eigenvalue weighted by Gasteiger charge is 2.07. The molecule has 1 aromatic heterocycles. The summed E-state index contributed by atoms with van der Waals surface area (Å²) in [7, 11) is 0. The highest BCUT2D eigenvalue weighted by atomic mass is 16.5. The molecular formula is C27H54N6O3. The lowest BCUT2D eigenvalue weighted by Gasteiger charge is -2.12. The Morgan fingerprint density at radius 1 is 0.472 bits per heavy atom. The number of rotatable bonds is 24. The molecule has 0 spiro atoms. The Morgan fingerprint density at radius 3 is 1.00 bits per heavy atom. The van der Waals surface area contributed by atoms with E-state index < -0.39 is 0 Å². The van der Waals surface area contributed by atoms with Crippen LogP contribution in [-0.4, -0.2) is 74.2 Å². The van der Waals surface area contributed by atoms with Gasteiger partial charge in [-0.25, -0.2) is 0 Å². The smallest absolute Gasteiger partial charge is 0.229 e. The molecule has 0 aliphatic rings. The Morgan fingerprint density at radius 2 is 0.750 bits per heavy atom. The average molecular weight is 511 g/mol. The summed E-state index contributed by atoms with van der Waals surface area (Å²) in [6, 6.07) is 0.